The van der Waals surface area contributed by atoms with Crippen LogP contribution in [0.2, 0.25) is 0 Å². The first-order valence-electron chi connectivity index (χ1n) is 8.29. The number of piperidine rings is 1. The molecule has 2 unspecified atom stereocenters. The van der Waals surface area contributed by atoms with Gasteiger partial charge < -0.3 is 4.90 Å². The van der Waals surface area contributed by atoms with E-state index in [9.17, 15) is 4.79 Å². The van der Waals surface area contributed by atoms with Gasteiger partial charge in [0.1, 0.15) is 0 Å². The van der Waals surface area contributed by atoms with Gasteiger partial charge in [-0.05, 0) is 69.2 Å². The maximum atomic E-state index is 12.8. The number of nitrogens with zero attached hydrogens (tertiary/aromatic N) is 2. The third-order valence-corrected chi connectivity index (χ3v) is 5.54. The van der Waals surface area contributed by atoms with E-state index in [2.05, 4.69) is 11.0 Å². The van der Waals surface area contributed by atoms with Crippen LogP contribution in [0, 0.1) is 11.3 Å². The van der Waals surface area contributed by atoms with Crippen molar-refractivity contribution < 1.29 is 4.79 Å². The van der Waals surface area contributed by atoms with Crippen molar-refractivity contribution in [2.75, 3.05) is 0 Å². The molecule has 1 aromatic carbocycles. The fourth-order valence-corrected chi connectivity index (χ4v) is 4.18. The summed E-state index contributed by atoms with van der Waals surface area (Å²) in [5, 5.41) is 8.87. The van der Waals surface area contributed by atoms with E-state index in [0.29, 0.717) is 17.6 Å². The molecule has 112 valence electrons. The van der Waals surface area contributed by atoms with E-state index in [1.54, 1.807) is 35.4 Å². The maximum Gasteiger partial charge on any atom is 0.254 e. The van der Waals surface area contributed by atoms with E-state index < -0.39 is 0 Å². The van der Waals surface area contributed by atoms with Crippen molar-refractivity contribution in [2.45, 2.75) is 57.0 Å². The number of carbonyl (C=O) groups is 1. The summed E-state index contributed by atoms with van der Waals surface area (Å²) in [7, 11) is 0. The first kappa shape index (κ1) is 13.6. The molecule has 2 aliphatic heterocycles. The van der Waals surface area contributed by atoms with Gasteiger partial charge >= 0.3 is 0 Å². The molecule has 1 aliphatic carbocycles. The number of rotatable bonds is 1. The number of hydrogen-bond acceptors (Lipinski definition) is 2. The van der Waals surface area contributed by atoms with Gasteiger partial charge in [0, 0.05) is 17.6 Å². The Morgan fingerprint density at radius 2 is 1.68 bits per heavy atom. The summed E-state index contributed by atoms with van der Waals surface area (Å²) in [4.78, 5) is 15.0. The van der Waals surface area contributed by atoms with E-state index in [1.807, 2.05) is 0 Å². The summed E-state index contributed by atoms with van der Waals surface area (Å²) in [6.45, 7) is 0. The van der Waals surface area contributed by atoms with Gasteiger partial charge in [-0.25, -0.2) is 0 Å². The lowest BCUT2D eigenvalue weighted by molar-refractivity contribution is 0.0633. The molecule has 0 aromatic heterocycles. The van der Waals surface area contributed by atoms with Crippen LogP contribution in [0.25, 0.3) is 0 Å². The monoisotopic (exact) mass is 292 g/mol. The third-order valence-electron chi connectivity index (χ3n) is 5.54. The molecule has 3 fully saturated rings. The number of amides is 1. The number of fused-ring (bicyclic) bond motifs is 2. The van der Waals surface area contributed by atoms with Gasteiger partial charge in [0.05, 0.1) is 11.6 Å². The Balaban J connectivity index is 1.56. The SMILES string of the molecule is N#Cc1ccc(C(=O)N2C3CCC2CC(=C2CCC2)C3)cc1. The van der Waals surface area contributed by atoms with Crippen LogP contribution in [-0.2, 0) is 0 Å². The van der Waals surface area contributed by atoms with Crippen LogP contribution in [0.5, 0.6) is 0 Å². The van der Waals surface area contributed by atoms with Crippen molar-refractivity contribution in [3.8, 4) is 6.07 Å². The van der Waals surface area contributed by atoms with E-state index in [4.69, 9.17) is 5.26 Å². The summed E-state index contributed by atoms with van der Waals surface area (Å²) in [5.41, 5.74) is 4.66. The molecular formula is C19H20N2O. The summed E-state index contributed by atoms with van der Waals surface area (Å²) in [6.07, 6.45) is 8.40. The Kier molecular flexibility index (Phi) is 3.26. The molecule has 0 radical (unpaired) electrons. The Morgan fingerprint density at radius 3 is 2.18 bits per heavy atom. The molecule has 4 rings (SSSR count). The molecule has 1 amide bonds. The fraction of sp³-hybridized carbons (Fsp3) is 0.474. The van der Waals surface area contributed by atoms with Crippen molar-refractivity contribution in [3.05, 3.63) is 46.5 Å². The molecule has 3 aliphatic rings. The highest BCUT2D eigenvalue weighted by Gasteiger charge is 2.42. The van der Waals surface area contributed by atoms with Crippen molar-refractivity contribution in [3.63, 3.8) is 0 Å². The van der Waals surface area contributed by atoms with Gasteiger partial charge in [0.2, 0.25) is 0 Å². The molecule has 0 spiro atoms. The van der Waals surface area contributed by atoms with Gasteiger partial charge in [0.15, 0.2) is 0 Å². The highest BCUT2D eigenvalue weighted by Crippen LogP contribution is 2.43. The lowest BCUT2D eigenvalue weighted by atomic mass is 9.82. The molecule has 3 heteroatoms. The largest absolute Gasteiger partial charge is 0.332 e. The molecule has 0 N–H and O–H groups in total. The number of nitriles is 1. The van der Waals surface area contributed by atoms with E-state index in [0.717, 1.165) is 31.2 Å². The van der Waals surface area contributed by atoms with Crippen LogP contribution in [0.1, 0.15) is 60.9 Å². The van der Waals surface area contributed by atoms with Crippen LogP contribution >= 0.6 is 0 Å². The van der Waals surface area contributed by atoms with Crippen LogP contribution in [0.3, 0.4) is 0 Å². The molecule has 2 bridgehead atoms. The minimum atomic E-state index is 0.148. The van der Waals surface area contributed by atoms with Crippen LogP contribution in [0.4, 0.5) is 0 Å². The average molecular weight is 292 g/mol. The van der Waals surface area contributed by atoms with Crippen molar-refractivity contribution in [1.29, 1.82) is 5.26 Å². The molecule has 22 heavy (non-hydrogen) atoms. The lowest BCUT2D eigenvalue weighted by Gasteiger charge is -2.38. The Labute approximate surface area is 131 Å². The second kappa shape index (κ2) is 5.28. The zero-order valence-corrected chi connectivity index (χ0v) is 12.7. The Morgan fingerprint density at radius 1 is 1.05 bits per heavy atom. The van der Waals surface area contributed by atoms with Gasteiger partial charge in [-0.3, -0.25) is 4.79 Å². The minimum absolute atomic E-state index is 0.148. The first-order valence-corrected chi connectivity index (χ1v) is 8.29. The highest BCUT2D eigenvalue weighted by molar-refractivity contribution is 5.95. The van der Waals surface area contributed by atoms with Crippen LogP contribution in [0.15, 0.2) is 35.4 Å². The van der Waals surface area contributed by atoms with E-state index in [1.165, 1.54) is 19.3 Å². The highest BCUT2D eigenvalue weighted by atomic mass is 16.2. The Hall–Kier alpha value is -2.08. The minimum Gasteiger partial charge on any atom is -0.332 e. The summed E-state index contributed by atoms with van der Waals surface area (Å²) >= 11 is 0. The van der Waals surface area contributed by atoms with E-state index >= 15 is 0 Å². The molecule has 2 atom stereocenters. The Bertz CT molecular complexity index is 658. The maximum absolute atomic E-state index is 12.8. The second-order valence-electron chi connectivity index (χ2n) is 6.76. The van der Waals surface area contributed by atoms with Crippen molar-refractivity contribution >= 4 is 5.91 Å². The van der Waals surface area contributed by atoms with Gasteiger partial charge in [-0.1, -0.05) is 11.1 Å². The summed E-state index contributed by atoms with van der Waals surface area (Å²) in [5.74, 6) is 0.148. The lowest BCUT2D eigenvalue weighted by Crippen LogP contribution is -2.45. The smallest absolute Gasteiger partial charge is 0.254 e. The number of hydrogen-bond donors (Lipinski definition) is 0. The van der Waals surface area contributed by atoms with Gasteiger partial charge in [0.25, 0.3) is 5.91 Å². The quantitative estimate of drug-likeness (QED) is 0.739. The summed E-state index contributed by atoms with van der Waals surface area (Å²) < 4.78 is 0. The molecule has 2 heterocycles. The normalized spacial score (nSPS) is 26.6. The van der Waals surface area contributed by atoms with Crippen LogP contribution in [-0.4, -0.2) is 22.9 Å². The molecule has 3 nitrogen and oxygen atoms in total. The zero-order valence-electron chi connectivity index (χ0n) is 12.7. The van der Waals surface area contributed by atoms with Gasteiger partial charge in [-0.15, -0.1) is 0 Å². The summed E-state index contributed by atoms with van der Waals surface area (Å²) in [6, 6.07) is 9.95. The van der Waals surface area contributed by atoms with Crippen molar-refractivity contribution in [1.82, 2.24) is 4.90 Å². The average Bonchev–Trinajstić information content (AvgIpc) is 2.76. The first-order chi connectivity index (χ1) is 10.8. The molecule has 1 saturated carbocycles. The third kappa shape index (κ3) is 2.14. The predicted molar refractivity (Wildman–Crippen MR) is 84.2 cm³/mol. The molecular weight excluding hydrogens is 272 g/mol. The molecule has 2 saturated heterocycles. The molecule has 1 aromatic rings. The number of benzene rings is 1. The predicted octanol–water partition coefficient (Wildman–Crippen LogP) is 3.81. The fourth-order valence-electron chi connectivity index (χ4n) is 4.18. The standard InChI is InChI=1S/C19H20N2O/c20-12-13-4-6-15(7-5-13)19(22)21-17-8-9-18(21)11-16(10-17)14-2-1-3-14/h4-7,17-18H,1-3,8-11H2. The number of allylic oxidation sites excluding steroid dienone is 1. The second-order valence-corrected chi connectivity index (χ2v) is 6.76. The van der Waals surface area contributed by atoms with Gasteiger partial charge in [-0.2, -0.15) is 5.26 Å². The van der Waals surface area contributed by atoms with E-state index in [-0.39, 0.29) is 5.91 Å². The topological polar surface area (TPSA) is 44.1 Å². The van der Waals surface area contributed by atoms with Crippen LogP contribution < -0.4 is 0 Å². The van der Waals surface area contributed by atoms with Crippen molar-refractivity contribution in [2.24, 2.45) is 0 Å². The zero-order chi connectivity index (χ0) is 15.1. The number of carbonyl (C=O) groups excluding carboxylic acids is 1.